The van der Waals surface area contributed by atoms with Crippen LogP contribution < -0.4 is 16.3 Å². The van der Waals surface area contributed by atoms with Gasteiger partial charge in [-0.05, 0) is 18.9 Å². The molecule has 0 radical (unpaired) electrons. The van der Waals surface area contributed by atoms with Crippen LogP contribution >= 0.6 is 7.60 Å². The van der Waals surface area contributed by atoms with Gasteiger partial charge in [-0.15, -0.1) is 0 Å². The summed E-state index contributed by atoms with van der Waals surface area (Å²) in [5.41, 5.74) is 4.83. The van der Waals surface area contributed by atoms with Crippen molar-refractivity contribution in [3.8, 4) is 0 Å². The van der Waals surface area contributed by atoms with Crippen molar-refractivity contribution < 1.29 is 28.6 Å². The molecular weight excluding hydrogens is 509 g/mol. The van der Waals surface area contributed by atoms with Crippen LogP contribution in [0.5, 0.6) is 0 Å². The number of aromatic nitrogens is 2. The molecule has 0 amide bonds. The van der Waals surface area contributed by atoms with Crippen molar-refractivity contribution in [2.24, 2.45) is 0 Å². The van der Waals surface area contributed by atoms with Crippen LogP contribution in [-0.4, -0.2) is 53.5 Å². The van der Waals surface area contributed by atoms with Crippen LogP contribution in [0.15, 0.2) is 17.1 Å². The van der Waals surface area contributed by atoms with Gasteiger partial charge in [0, 0.05) is 19.4 Å². The number of rotatable bonds is 26. The Morgan fingerprint density at radius 3 is 2.05 bits per heavy atom. The smallest absolute Gasteiger partial charge is 0.349 e. The minimum absolute atomic E-state index is 0.00795. The summed E-state index contributed by atoms with van der Waals surface area (Å²) in [4.78, 5) is 27.4. The molecule has 1 rings (SSSR count). The summed E-state index contributed by atoms with van der Waals surface area (Å²) in [5.74, 6) is 0.0775. The van der Waals surface area contributed by atoms with Gasteiger partial charge in [0.05, 0.1) is 25.9 Å². The van der Waals surface area contributed by atoms with Crippen LogP contribution in [0.25, 0.3) is 0 Å². The number of anilines is 1. The molecule has 10 nitrogen and oxygen atoms in total. The van der Waals surface area contributed by atoms with E-state index in [0.29, 0.717) is 19.6 Å². The largest absolute Gasteiger partial charge is 0.777 e. The molecule has 11 heteroatoms. The van der Waals surface area contributed by atoms with E-state index in [1.807, 2.05) is 0 Å². The minimum atomic E-state index is -4.24. The van der Waals surface area contributed by atoms with Gasteiger partial charge in [-0.1, -0.05) is 90.4 Å². The van der Waals surface area contributed by atoms with Crippen LogP contribution in [0.3, 0.4) is 0 Å². The summed E-state index contributed by atoms with van der Waals surface area (Å²) >= 11 is 0. The third kappa shape index (κ3) is 18.9. The van der Waals surface area contributed by atoms with Gasteiger partial charge in [-0.25, -0.2) is 4.79 Å². The van der Waals surface area contributed by atoms with E-state index in [2.05, 4.69) is 11.9 Å². The van der Waals surface area contributed by atoms with Crippen molar-refractivity contribution in [3.05, 3.63) is 22.7 Å². The van der Waals surface area contributed by atoms with Crippen molar-refractivity contribution in [2.75, 3.05) is 38.5 Å². The summed E-state index contributed by atoms with van der Waals surface area (Å²) in [5, 5.41) is 9.44. The van der Waals surface area contributed by atoms with Crippen molar-refractivity contribution >= 4 is 13.4 Å². The summed E-state index contributed by atoms with van der Waals surface area (Å²) in [6, 6.07) is 1.43. The highest BCUT2D eigenvalue weighted by Crippen LogP contribution is 2.37. The van der Waals surface area contributed by atoms with Crippen LogP contribution in [0, 0.1) is 0 Å². The number of nitrogen functional groups attached to an aromatic ring is 1. The molecule has 0 aliphatic carbocycles. The molecule has 0 fully saturated rings. The Hall–Kier alpha value is -1.29. The van der Waals surface area contributed by atoms with E-state index < -0.39 is 32.3 Å². The molecule has 0 aliphatic heterocycles. The van der Waals surface area contributed by atoms with E-state index in [1.54, 1.807) is 0 Å². The molecule has 0 saturated heterocycles. The van der Waals surface area contributed by atoms with E-state index in [1.165, 1.54) is 93.9 Å². The van der Waals surface area contributed by atoms with Crippen LogP contribution in [0.2, 0.25) is 0 Å². The zero-order chi connectivity index (χ0) is 27.9. The predicted molar refractivity (Wildman–Crippen MR) is 149 cm³/mol. The average Bonchev–Trinajstić information content (AvgIpc) is 2.89. The van der Waals surface area contributed by atoms with Gasteiger partial charge in [-0.3, -0.25) is 4.57 Å². The molecule has 1 heterocycles. The topological polar surface area (TPSA) is 149 Å². The molecule has 0 bridgehead atoms. The number of hydrogen-bond donors (Lipinski definition) is 2. The quantitative estimate of drug-likeness (QED) is 0.122. The van der Waals surface area contributed by atoms with Crippen molar-refractivity contribution in [3.63, 3.8) is 0 Å². The summed E-state index contributed by atoms with van der Waals surface area (Å²) < 4.78 is 29.0. The molecule has 1 aromatic rings. The number of aliphatic hydroxyl groups excluding tert-OH is 1. The Bertz CT molecular complexity index is 809. The minimum Gasteiger partial charge on any atom is -0.777 e. The number of unbranched alkanes of at least 4 members (excludes halogenated alkanes) is 13. The summed E-state index contributed by atoms with van der Waals surface area (Å²) in [7, 11) is -4.24. The standard InChI is InChI=1S/C27H52N3O7P/c1-2-3-4-5-6-7-8-9-10-11-12-13-14-15-19-35-20-16-21-37-38(33,34)24-36-25(23-31)22-30-18-17-26(28)29-27(30)32/h17-18,25,31H,2-16,19-24H2,1H3,(H,33,34)(H2,28,29,32)/p-1/t25-/m0/s1. The molecule has 1 unspecified atom stereocenters. The molecule has 0 saturated carbocycles. The van der Waals surface area contributed by atoms with Gasteiger partial charge in [0.2, 0.25) is 0 Å². The Morgan fingerprint density at radius 1 is 0.947 bits per heavy atom. The second-order valence-electron chi connectivity index (χ2n) is 9.89. The van der Waals surface area contributed by atoms with E-state index in [9.17, 15) is 19.4 Å². The summed E-state index contributed by atoms with van der Waals surface area (Å²) in [6.45, 7) is 2.85. The second-order valence-corrected chi connectivity index (χ2v) is 11.6. The molecule has 222 valence electrons. The first kappa shape index (κ1) is 34.7. The van der Waals surface area contributed by atoms with E-state index >= 15 is 0 Å². The zero-order valence-electron chi connectivity index (χ0n) is 23.4. The number of nitrogens with zero attached hydrogens (tertiary/aromatic N) is 2. The lowest BCUT2D eigenvalue weighted by atomic mass is 10.0. The lowest BCUT2D eigenvalue weighted by Crippen LogP contribution is -2.32. The van der Waals surface area contributed by atoms with Crippen molar-refractivity contribution in [1.29, 1.82) is 0 Å². The molecule has 2 atom stereocenters. The Kier molecular flexibility index (Phi) is 20.6. The third-order valence-corrected chi connectivity index (χ3v) is 7.37. The normalized spacial score (nSPS) is 14.0. The van der Waals surface area contributed by atoms with E-state index in [-0.39, 0.29) is 19.0 Å². The Morgan fingerprint density at radius 2 is 1.50 bits per heavy atom. The molecule has 1 aromatic heterocycles. The number of ether oxygens (including phenoxy) is 2. The maximum Gasteiger partial charge on any atom is 0.349 e. The third-order valence-electron chi connectivity index (χ3n) is 6.33. The van der Waals surface area contributed by atoms with E-state index in [0.717, 1.165) is 12.8 Å². The van der Waals surface area contributed by atoms with E-state index in [4.69, 9.17) is 19.7 Å². The molecule has 0 spiro atoms. The SMILES string of the molecule is CCCCCCCCCCCCCCCCOCCCOP(=O)([O-])CO[C@H](CO)Cn1ccc(N)nc1=O. The van der Waals surface area contributed by atoms with Crippen molar-refractivity contribution in [2.45, 2.75) is 116 Å². The number of aliphatic hydroxyl groups is 1. The van der Waals surface area contributed by atoms with Crippen molar-refractivity contribution in [1.82, 2.24) is 9.55 Å². The predicted octanol–water partition coefficient (Wildman–Crippen LogP) is 4.62. The monoisotopic (exact) mass is 560 g/mol. The summed E-state index contributed by atoms with van der Waals surface area (Å²) in [6.07, 6.45) is 18.7. The van der Waals surface area contributed by atoms with Crippen LogP contribution in [0.1, 0.15) is 103 Å². The highest BCUT2D eigenvalue weighted by atomic mass is 31.2. The highest BCUT2D eigenvalue weighted by molar-refractivity contribution is 7.51. The lowest BCUT2D eigenvalue weighted by Gasteiger charge is -2.25. The zero-order valence-corrected chi connectivity index (χ0v) is 24.3. The first-order valence-corrected chi connectivity index (χ1v) is 16.2. The lowest BCUT2D eigenvalue weighted by molar-refractivity contribution is -0.205. The molecule has 0 aromatic carbocycles. The first-order chi connectivity index (χ1) is 18.4. The highest BCUT2D eigenvalue weighted by Gasteiger charge is 2.16. The fraction of sp³-hybridized carbons (Fsp3) is 0.852. The number of nitrogens with two attached hydrogens (primary N) is 1. The Labute approximate surface area is 228 Å². The fourth-order valence-corrected chi connectivity index (χ4v) is 4.94. The second kappa shape index (κ2) is 22.5. The van der Waals surface area contributed by atoms with Gasteiger partial charge in [0.1, 0.15) is 12.2 Å². The first-order valence-electron chi connectivity index (χ1n) is 14.5. The van der Waals surface area contributed by atoms with Crippen LogP contribution in [0.4, 0.5) is 5.82 Å². The van der Waals surface area contributed by atoms with Gasteiger partial charge >= 0.3 is 5.69 Å². The molecule has 3 N–H and O–H groups in total. The van der Waals surface area contributed by atoms with Gasteiger partial charge in [0.15, 0.2) is 7.60 Å². The van der Waals surface area contributed by atoms with Gasteiger partial charge < -0.3 is 34.3 Å². The molecule has 0 aliphatic rings. The maximum atomic E-state index is 12.1. The number of hydrogen-bond acceptors (Lipinski definition) is 9. The molecule has 38 heavy (non-hydrogen) atoms. The van der Waals surface area contributed by atoms with Crippen LogP contribution in [-0.2, 0) is 25.1 Å². The Balaban J connectivity index is 1.94. The molecular formula is C27H51N3O7P-. The average molecular weight is 561 g/mol. The fourth-order valence-electron chi connectivity index (χ4n) is 4.06. The van der Waals surface area contributed by atoms with Gasteiger partial charge in [0.25, 0.3) is 0 Å². The maximum absolute atomic E-state index is 12.1. The van der Waals surface area contributed by atoms with Gasteiger partial charge in [-0.2, -0.15) is 4.98 Å².